The molecule has 0 aliphatic heterocycles. The summed E-state index contributed by atoms with van der Waals surface area (Å²) in [6.07, 6.45) is 1.56. The lowest BCUT2D eigenvalue weighted by molar-refractivity contribution is 0.0955. The fourth-order valence-electron chi connectivity index (χ4n) is 3.22. The third-order valence-corrected chi connectivity index (χ3v) is 6.15. The quantitative estimate of drug-likeness (QED) is 0.194. The molecule has 0 bridgehead atoms. The lowest BCUT2D eigenvalue weighted by Gasteiger charge is -2.13. The molecule has 1 N–H and O–H groups in total. The number of nitrogens with zero attached hydrogens (tertiary/aromatic N) is 1. The predicted octanol–water partition coefficient (Wildman–Crippen LogP) is 7.36. The van der Waals surface area contributed by atoms with Crippen molar-refractivity contribution in [1.82, 2.24) is 5.43 Å². The summed E-state index contributed by atoms with van der Waals surface area (Å²) in [5, 5.41) is 6.88. The lowest BCUT2D eigenvalue weighted by atomic mass is 10.1. The van der Waals surface area contributed by atoms with Crippen LogP contribution in [0.25, 0.3) is 10.8 Å². The average molecular weight is 573 g/mol. The topological polar surface area (TPSA) is 50.7 Å². The number of hydrogen-bond donors (Lipinski definition) is 1. The van der Waals surface area contributed by atoms with E-state index in [-0.39, 0.29) is 5.91 Å². The number of carbonyl (C=O) groups is 1. The zero-order chi connectivity index (χ0) is 22.5. The maximum absolute atomic E-state index is 12.2. The summed E-state index contributed by atoms with van der Waals surface area (Å²) in [6.45, 7) is 0.432. The van der Waals surface area contributed by atoms with E-state index in [9.17, 15) is 4.79 Å². The second-order valence-corrected chi connectivity index (χ2v) is 9.10. The summed E-state index contributed by atoms with van der Waals surface area (Å²) in [5.41, 5.74) is 4.83. The second-order valence-electron chi connectivity index (χ2n) is 6.95. The first-order valence-electron chi connectivity index (χ1n) is 9.69. The van der Waals surface area contributed by atoms with E-state index >= 15 is 0 Å². The van der Waals surface area contributed by atoms with Crippen LogP contribution in [0.5, 0.6) is 5.75 Å². The Morgan fingerprint density at radius 1 is 0.969 bits per heavy atom. The lowest BCUT2D eigenvalue weighted by Crippen LogP contribution is -2.17. The predicted molar refractivity (Wildman–Crippen MR) is 137 cm³/mol. The van der Waals surface area contributed by atoms with Crippen molar-refractivity contribution in [2.75, 3.05) is 0 Å². The number of halogens is 3. The molecule has 4 aromatic rings. The molecule has 0 saturated carbocycles. The molecular weight excluding hydrogens is 556 g/mol. The third kappa shape index (κ3) is 5.38. The number of hydrogen-bond acceptors (Lipinski definition) is 3. The minimum absolute atomic E-state index is 0.336. The number of hydrazone groups is 1. The number of nitrogens with one attached hydrogen (secondary N) is 1. The average Bonchev–Trinajstić information content (AvgIpc) is 2.78. The van der Waals surface area contributed by atoms with Crippen LogP contribution in [0.4, 0.5) is 0 Å². The molecule has 4 aromatic carbocycles. The molecule has 0 radical (unpaired) electrons. The van der Waals surface area contributed by atoms with E-state index in [0.717, 1.165) is 20.1 Å². The zero-order valence-corrected chi connectivity index (χ0v) is 20.6. The van der Waals surface area contributed by atoms with Gasteiger partial charge < -0.3 is 4.74 Å². The van der Waals surface area contributed by atoms with E-state index in [1.807, 2.05) is 30.3 Å². The molecule has 0 aliphatic rings. The van der Waals surface area contributed by atoms with Crippen molar-refractivity contribution in [2.45, 2.75) is 6.61 Å². The molecule has 4 rings (SSSR count). The van der Waals surface area contributed by atoms with Gasteiger partial charge in [0, 0.05) is 10.6 Å². The highest BCUT2D eigenvalue weighted by atomic mass is 79.9. The SMILES string of the molecule is O=C(N/N=C\c1cc(Br)c(OCc2cccc3ccccc23)c(Br)c1)c1cccc(Cl)c1. The number of amides is 1. The fourth-order valence-corrected chi connectivity index (χ4v) is 4.86. The summed E-state index contributed by atoms with van der Waals surface area (Å²) >= 11 is 13.1. The monoisotopic (exact) mass is 570 g/mol. The summed E-state index contributed by atoms with van der Waals surface area (Å²) in [6, 6.07) is 24.8. The van der Waals surface area contributed by atoms with Crippen LogP contribution >= 0.6 is 43.5 Å². The van der Waals surface area contributed by atoms with Gasteiger partial charge in [0.05, 0.1) is 15.2 Å². The van der Waals surface area contributed by atoms with E-state index in [1.165, 1.54) is 10.8 Å². The van der Waals surface area contributed by atoms with Crippen molar-refractivity contribution in [3.05, 3.63) is 110 Å². The maximum Gasteiger partial charge on any atom is 0.271 e. The number of carbonyl (C=O) groups excluding carboxylic acids is 1. The van der Waals surface area contributed by atoms with E-state index in [0.29, 0.717) is 22.9 Å². The Morgan fingerprint density at radius 2 is 1.69 bits per heavy atom. The van der Waals surface area contributed by atoms with Gasteiger partial charge in [-0.2, -0.15) is 5.10 Å². The molecule has 0 aromatic heterocycles. The highest BCUT2D eigenvalue weighted by Crippen LogP contribution is 2.35. The third-order valence-electron chi connectivity index (χ3n) is 4.74. The highest BCUT2D eigenvalue weighted by Gasteiger charge is 2.10. The minimum atomic E-state index is -0.336. The van der Waals surface area contributed by atoms with Crippen LogP contribution < -0.4 is 10.2 Å². The summed E-state index contributed by atoms with van der Waals surface area (Å²) in [5.74, 6) is 0.356. The number of ether oxygens (including phenoxy) is 1. The highest BCUT2D eigenvalue weighted by molar-refractivity contribution is 9.11. The van der Waals surface area contributed by atoms with Gasteiger partial charge in [-0.15, -0.1) is 0 Å². The first-order chi connectivity index (χ1) is 15.5. The van der Waals surface area contributed by atoms with Crippen molar-refractivity contribution < 1.29 is 9.53 Å². The Bertz CT molecular complexity index is 1300. The molecule has 0 unspecified atom stereocenters. The molecule has 0 atom stereocenters. The second kappa shape index (κ2) is 10.3. The van der Waals surface area contributed by atoms with Gasteiger partial charge >= 0.3 is 0 Å². The molecule has 160 valence electrons. The van der Waals surface area contributed by atoms with Crippen LogP contribution in [0.1, 0.15) is 21.5 Å². The Kier molecular flexibility index (Phi) is 7.25. The normalized spacial score (nSPS) is 11.1. The molecule has 0 aliphatic carbocycles. The van der Waals surface area contributed by atoms with Gasteiger partial charge in [-0.1, -0.05) is 60.1 Å². The van der Waals surface area contributed by atoms with Gasteiger partial charge in [0.25, 0.3) is 5.91 Å². The molecule has 32 heavy (non-hydrogen) atoms. The van der Waals surface area contributed by atoms with Gasteiger partial charge in [-0.05, 0) is 84.1 Å². The Labute approximate surface area is 207 Å². The van der Waals surface area contributed by atoms with Gasteiger partial charge in [-0.3, -0.25) is 4.79 Å². The van der Waals surface area contributed by atoms with Crippen molar-refractivity contribution >= 4 is 66.4 Å². The van der Waals surface area contributed by atoms with E-state index < -0.39 is 0 Å². The molecule has 7 heteroatoms. The summed E-state index contributed by atoms with van der Waals surface area (Å²) in [7, 11) is 0. The number of fused-ring (bicyclic) bond motifs is 1. The smallest absolute Gasteiger partial charge is 0.271 e. The van der Waals surface area contributed by atoms with E-state index in [2.05, 4.69) is 66.7 Å². The van der Waals surface area contributed by atoms with Crippen LogP contribution in [0.15, 0.2) is 92.9 Å². The first kappa shape index (κ1) is 22.5. The van der Waals surface area contributed by atoms with Crippen LogP contribution in [0.2, 0.25) is 5.02 Å². The van der Waals surface area contributed by atoms with Crippen molar-refractivity contribution in [3.8, 4) is 5.75 Å². The van der Waals surface area contributed by atoms with Crippen LogP contribution in [0.3, 0.4) is 0 Å². The van der Waals surface area contributed by atoms with Gasteiger partial charge in [0.2, 0.25) is 0 Å². The molecule has 0 spiro atoms. The standard InChI is InChI=1S/C25H17Br2ClN2O2/c26-22-11-16(14-29-30-25(31)18-7-4-9-20(28)13-18)12-23(27)24(22)32-15-19-8-3-6-17-5-1-2-10-21(17)19/h1-14H,15H2,(H,30,31)/b29-14-. The molecule has 0 heterocycles. The summed E-state index contributed by atoms with van der Waals surface area (Å²) in [4.78, 5) is 12.2. The molecule has 4 nitrogen and oxygen atoms in total. The molecule has 0 saturated heterocycles. The van der Waals surface area contributed by atoms with Crippen LogP contribution in [0, 0.1) is 0 Å². The van der Waals surface area contributed by atoms with Crippen LogP contribution in [-0.2, 0) is 6.61 Å². The fraction of sp³-hybridized carbons (Fsp3) is 0.0400. The zero-order valence-electron chi connectivity index (χ0n) is 16.7. The van der Waals surface area contributed by atoms with E-state index in [4.69, 9.17) is 16.3 Å². The summed E-state index contributed by atoms with van der Waals surface area (Å²) < 4.78 is 7.65. The maximum atomic E-state index is 12.2. The molecule has 1 amide bonds. The molecular formula is C25H17Br2ClN2O2. The number of rotatable bonds is 6. The van der Waals surface area contributed by atoms with Crippen molar-refractivity contribution in [2.24, 2.45) is 5.10 Å². The van der Waals surface area contributed by atoms with Crippen LogP contribution in [-0.4, -0.2) is 12.1 Å². The van der Waals surface area contributed by atoms with Gasteiger partial charge in [0.15, 0.2) is 0 Å². The minimum Gasteiger partial charge on any atom is -0.487 e. The van der Waals surface area contributed by atoms with E-state index in [1.54, 1.807) is 30.5 Å². The number of benzene rings is 4. The Morgan fingerprint density at radius 3 is 2.47 bits per heavy atom. The Hall–Kier alpha value is -2.67. The first-order valence-corrected chi connectivity index (χ1v) is 11.6. The largest absolute Gasteiger partial charge is 0.487 e. The van der Waals surface area contributed by atoms with Crippen molar-refractivity contribution in [1.29, 1.82) is 0 Å². The van der Waals surface area contributed by atoms with Crippen molar-refractivity contribution in [3.63, 3.8) is 0 Å². The molecule has 0 fully saturated rings. The van der Waals surface area contributed by atoms with Gasteiger partial charge in [-0.25, -0.2) is 5.43 Å². The van der Waals surface area contributed by atoms with Gasteiger partial charge in [0.1, 0.15) is 12.4 Å². The Balaban J connectivity index is 1.45.